The van der Waals surface area contributed by atoms with Crippen LogP contribution in [0.4, 0.5) is 5.82 Å². The van der Waals surface area contributed by atoms with E-state index in [4.69, 9.17) is 15.2 Å². The van der Waals surface area contributed by atoms with Crippen LogP contribution in [0.1, 0.15) is 16.8 Å². The first-order valence-electron chi connectivity index (χ1n) is 5.78. The first-order valence-corrected chi connectivity index (χ1v) is 5.78. The number of nitrogens with one attached hydrogen (secondary N) is 1. The van der Waals surface area contributed by atoms with E-state index in [9.17, 15) is 4.79 Å². The fourth-order valence-electron chi connectivity index (χ4n) is 1.86. The Hall–Kier alpha value is -1.66. The van der Waals surface area contributed by atoms with E-state index in [0.29, 0.717) is 31.1 Å². The Morgan fingerprint density at radius 2 is 2.50 bits per heavy atom. The molecule has 6 nitrogen and oxygen atoms in total. The van der Waals surface area contributed by atoms with Gasteiger partial charge in [-0.15, -0.1) is 0 Å². The number of carbonyl (C=O) groups excluding carboxylic acids is 1. The number of hydrogen-bond acceptors (Lipinski definition) is 5. The molecule has 0 aliphatic carbocycles. The summed E-state index contributed by atoms with van der Waals surface area (Å²) in [7, 11) is 1.68. The van der Waals surface area contributed by atoms with Crippen LogP contribution in [-0.4, -0.2) is 43.4 Å². The molecule has 6 heteroatoms. The van der Waals surface area contributed by atoms with Gasteiger partial charge in [0.25, 0.3) is 0 Å². The standard InChI is InChI=1S/C12H17N3O3/c1-17-12(4-5-18-8-12)7-15-10-3-2-9(6-14-10)11(13)16/h2-3,6H,4-5,7-8H2,1H3,(H2,13,16)(H,14,15). The molecule has 0 saturated carbocycles. The molecule has 0 aromatic carbocycles. The highest BCUT2D eigenvalue weighted by molar-refractivity contribution is 5.92. The quantitative estimate of drug-likeness (QED) is 0.791. The molecule has 1 unspecified atom stereocenters. The molecule has 0 radical (unpaired) electrons. The van der Waals surface area contributed by atoms with Crippen LogP contribution in [0.15, 0.2) is 18.3 Å². The molecule has 1 atom stereocenters. The van der Waals surface area contributed by atoms with Crippen molar-refractivity contribution in [1.82, 2.24) is 4.98 Å². The van der Waals surface area contributed by atoms with E-state index in [2.05, 4.69) is 10.3 Å². The smallest absolute Gasteiger partial charge is 0.250 e. The molecule has 0 spiro atoms. The summed E-state index contributed by atoms with van der Waals surface area (Å²) in [6.07, 6.45) is 2.31. The number of anilines is 1. The number of amides is 1. The summed E-state index contributed by atoms with van der Waals surface area (Å²) in [6.45, 7) is 1.91. The molecule has 1 amide bonds. The molecule has 0 bridgehead atoms. The number of primary amides is 1. The van der Waals surface area contributed by atoms with Crippen LogP contribution in [0, 0.1) is 0 Å². The van der Waals surface area contributed by atoms with Crippen molar-refractivity contribution in [3.05, 3.63) is 23.9 Å². The lowest BCUT2D eigenvalue weighted by Crippen LogP contribution is -2.39. The fourth-order valence-corrected chi connectivity index (χ4v) is 1.86. The Kier molecular flexibility index (Phi) is 3.78. The topological polar surface area (TPSA) is 86.5 Å². The fraction of sp³-hybridized carbons (Fsp3) is 0.500. The van der Waals surface area contributed by atoms with Crippen molar-refractivity contribution in [1.29, 1.82) is 0 Å². The molecular weight excluding hydrogens is 234 g/mol. The molecule has 3 N–H and O–H groups in total. The Balaban J connectivity index is 1.95. The van der Waals surface area contributed by atoms with Crippen LogP contribution < -0.4 is 11.1 Å². The van der Waals surface area contributed by atoms with Gasteiger partial charge in [-0.3, -0.25) is 4.79 Å². The summed E-state index contributed by atoms with van der Waals surface area (Å²) in [5.74, 6) is 0.204. The largest absolute Gasteiger partial charge is 0.378 e. The van der Waals surface area contributed by atoms with Crippen LogP contribution in [-0.2, 0) is 9.47 Å². The van der Waals surface area contributed by atoms with E-state index in [1.165, 1.54) is 6.20 Å². The van der Waals surface area contributed by atoms with Gasteiger partial charge >= 0.3 is 0 Å². The second-order valence-corrected chi connectivity index (χ2v) is 4.34. The van der Waals surface area contributed by atoms with Crippen LogP contribution >= 0.6 is 0 Å². The van der Waals surface area contributed by atoms with Gasteiger partial charge in [-0.2, -0.15) is 0 Å². The molecule has 1 aliphatic rings. The molecule has 1 aromatic rings. The number of ether oxygens (including phenoxy) is 2. The van der Waals surface area contributed by atoms with Crippen molar-refractivity contribution < 1.29 is 14.3 Å². The zero-order chi connectivity index (χ0) is 13.0. The third-order valence-electron chi connectivity index (χ3n) is 3.14. The maximum absolute atomic E-state index is 10.9. The zero-order valence-corrected chi connectivity index (χ0v) is 10.3. The van der Waals surface area contributed by atoms with Crippen molar-refractivity contribution >= 4 is 11.7 Å². The normalized spacial score (nSPS) is 22.9. The van der Waals surface area contributed by atoms with E-state index in [0.717, 1.165) is 6.42 Å². The molecular formula is C12H17N3O3. The maximum atomic E-state index is 10.9. The van der Waals surface area contributed by atoms with Gasteiger partial charge in [0.05, 0.1) is 12.2 Å². The number of hydrogen-bond donors (Lipinski definition) is 2. The predicted molar refractivity (Wildman–Crippen MR) is 66.4 cm³/mol. The van der Waals surface area contributed by atoms with Gasteiger partial charge in [0.1, 0.15) is 11.4 Å². The van der Waals surface area contributed by atoms with Gasteiger partial charge in [0.15, 0.2) is 0 Å². The Morgan fingerprint density at radius 1 is 1.67 bits per heavy atom. The maximum Gasteiger partial charge on any atom is 0.250 e. The number of nitrogens with two attached hydrogens (primary N) is 1. The Labute approximate surface area is 105 Å². The SMILES string of the molecule is COC1(CNc2ccc(C(N)=O)cn2)CCOC1. The molecule has 1 aliphatic heterocycles. The van der Waals surface area contributed by atoms with Crippen LogP contribution in [0.5, 0.6) is 0 Å². The lowest BCUT2D eigenvalue weighted by Gasteiger charge is -2.26. The van der Waals surface area contributed by atoms with Crippen LogP contribution in [0.25, 0.3) is 0 Å². The predicted octanol–water partition coefficient (Wildman–Crippen LogP) is 0.398. The van der Waals surface area contributed by atoms with Crippen molar-refractivity contribution in [3.8, 4) is 0 Å². The van der Waals surface area contributed by atoms with E-state index in [1.807, 2.05) is 0 Å². The minimum Gasteiger partial charge on any atom is -0.378 e. The highest BCUT2D eigenvalue weighted by atomic mass is 16.5. The van der Waals surface area contributed by atoms with Gasteiger partial charge < -0.3 is 20.5 Å². The minimum atomic E-state index is -0.480. The van der Waals surface area contributed by atoms with Gasteiger partial charge in [-0.05, 0) is 12.1 Å². The highest BCUT2D eigenvalue weighted by Gasteiger charge is 2.34. The number of methoxy groups -OCH3 is 1. The van der Waals surface area contributed by atoms with E-state index >= 15 is 0 Å². The molecule has 1 fully saturated rings. The van der Waals surface area contributed by atoms with Gasteiger partial charge in [0, 0.05) is 32.9 Å². The first kappa shape index (κ1) is 12.8. The van der Waals surface area contributed by atoms with Gasteiger partial charge in [-0.25, -0.2) is 4.98 Å². The van der Waals surface area contributed by atoms with Crippen LogP contribution in [0.2, 0.25) is 0 Å². The summed E-state index contributed by atoms with van der Waals surface area (Å²) >= 11 is 0. The third kappa shape index (κ3) is 2.77. The molecule has 1 aromatic heterocycles. The summed E-state index contributed by atoms with van der Waals surface area (Å²) < 4.78 is 10.8. The molecule has 2 rings (SSSR count). The summed E-state index contributed by atoms with van der Waals surface area (Å²) in [5.41, 5.74) is 5.25. The number of rotatable bonds is 5. The van der Waals surface area contributed by atoms with Crippen molar-refractivity contribution in [2.75, 3.05) is 32.2 Å². The molecule has 98 valence electrons. The minimum absolute atomic E-state index is 0.288. The Bertz CT molecular complexity index is 413. The zero-order valence-electron chi connectivity index (χ0n) is 10.3. The average molecular weight is 251 g/mol. The summed E-state index contributed by atoms with van der Waals surface area (Å²) in [4.78, 5) is 15.0. The van der Waals surface area contributed by atoms with E-state index in [-0.39, 0.29) is 5.60 Å². The number of nitrogens with zero attached hydrogens (tertiary/aromatic N) is 1. The first-order chi connectivity index (χ1) is 8.65. The average Bonchev–Trinajstić information content (AvgIpc) is 2.86. The number of pyridine rings is 1. The molecule has 1 saturated heterocycles. The lowest BCUT2D eigenvalue weighted by molar-refractivity contribution is -0.00625. The second-order valence-electron chi connectivity index (χ2n) is 4.34. The summed E-state index contributed by atoms with van der Waals surface area (Å²) in [5, 5.41) is 3.18. The van der Waals surface area contributed by atoms with Crippen molar-refractivity contribution in [3.63, 3.8) is 0 Å². The van der Waals surface area contributed by atoms with Crippen molar-refractivity contribution in [2.24, 2.45) is 5.73 Å². The molecule has 18 heavy (non-hydrogen) atoms. The van der Waals surface area contributed by atoms with Crippen molar-refractivity contribution in [2.45, 2.75) is 12.0 Å². The van der Waals surface area contributed by atoms with Gasteiger partial charge in [-0.1, -0.05) is 0 Å². The monoisotopic (exact) mass is 251 g/mol. The highest BCUT2D eigenvalue weighted by Crippen LogP contribution is 2.22. The van der Waals surface area contributed by atoms with Crippen LogP contribution in [0.3, 0.4) is 0 Å². The van der Waals surface area contributed by atoms with E-state index < -0.39 is 5.91 Å². The van der Waals surface area contributed by atoms with E-state index in [1.54, 1.807) is 19.2 Å². The van der Waals surface area contributed by atoms with Gasteiger partial charge in [0.2, 0.25) is 5.91 Å². The third-order valence-corrected chi connectivity index (χ3v) is 3.14. The lowest BCUT2D eigenvalue weighted by atomic mass is 10.0. The summed E-state index contributed by atoms with van der Waals surface area (Å²) in [6, 6.07) is 3.36. The Morgan fingerprint density at radius 3 is 3.00 bits per heavy atom. The number of carbonyl (C=O) groups is 1. The number of aromatic nitrogens is 1. The molecule has 2 heterocycles. The second kappa shape index (κ2) is 5.32.